The van der Waals surface area contributed by atoms with E-state index < -0.39 is 0 Å². The van der Waals surface area contributed by atoms with Gasteiger partial charge in [-0.1, -0.05) is 75.4 Å². The minimum Gasteiger partial charge on any atom is -0.331 e. The van der Waals surface area contributed by atoms with Crippen LogP contribution in [0.4, 0.5) is 0 Å². The Morgan fingerprint density at radius 2 is 1.79 bits per heavy atom. The third-order valence-corrected chi connectivity index (χ3v) is 6.17. The maximum absolute atomic E-state index is 13.1. The number of piperazine rings is 1. The summed E-state index contributed by atoms with van der Waals surface area (Å²) in [4.78, 5) is 29.7. The van der Waals surface area contributed by atoms with Crippen molar-refractivity contribution in [2.45, 2.75) is 38.6 Å². The van der Waals surface area contributed by atoms with Gasteiger partial charge in [-0.15, -0.1) is 0 Å². The Labute approximate surface area is 172 Å². The highest BCUT2D eigenvalue weighted by atomic mass is 16.2. The van der Waals surface area contributed by atoms with Gasteiger partial charge in [-0.2, -0.15) is 0 Å². The van der Waals surface area contributed by atoms with E-state index in [-0.39, 0.29) is 29.8 Å². The molecule has 29 heavy (non-hydrogen) atoms. The molecular weight excluding hydrogens is 360 g/mol. The summed E-state index contributed by atoms with van der Waals surface area (Å²) in [5.41, 5.74) is 4.40. The van der Waals surface area contributed by atoms with Crippen molar-refractivity contribution in [3.05, 3.63) is 77.4 Å². The van der Waals surface area contributed by atoms with Crippen molar-refractivity contribution in [1.82, 2.24) is 9.80 Å². The summed E-state index contributed by atoms with van der Waals surface area (Å²) in [7, 11) is 0. The molecule has 2 heterocycles. The second-order valence-corrected chi connectivity index (χ2v) is 8.62. The maximum Gasteiger partial charge on any atom is 0.247 e. The van der Waals surface area contributed by atoms with E-state index in [0.29, 0.717) is 13.1 Å². The van der Waals surface area contributed by atoms with Crippen molar-refractivity contribution in [2.24, 2.45) is 0 Å². The highest BCUT2D eigenvalue weighted by molar-refractivity contribution is 5.97. The van der Waals surface area contributed by atoms with Crippen LogP contribution in [0.1, 0.15) is 49.9 Å². The van der Waals surface area contributed by atoms with Crippen molar-refractivity contribution >= 4 is 17.4 Å². The third kappa shape index (κ3) is 3.59. The van der Waals surface area contributed by atoms with Crippen molar-refractivity contribution in [2.75, 3.05) is 19.6 Å². The zero-order valence-electron chi connectivity index (χ0n) is 17.4. The number of amides is 2. The van der Waals surface area contributed by atoms with Gasteiger partial charge in [0.05, 0.1) is 6.04 Å². The molecule has 2 aromatic carbocycles. The van der Waals surface area contributed by atoms with Crippen LogP contribution >= 0.6 is 0 Å². The van der Waals surface area contributed by atoms with Gasteiger partial charge in [0.1, 0.15) is 6.54 Å². The van der Waals surface area contributed by atoms with E-state index in [4.69, 9.17) is 0 Å². The van der Waals surface area contributed by atoms with Crippen LogP contribution in [0.15, 0.2) is 60.7 Å². The first kappa shape index (κ1) is 19.4. The second kappa shape index (κ2) is 7.51. The molecule has 4 heteroatoms. The Bertz CT molecular complexity index is 962. The summed E-state index contributed by atoms with van der Waals surface area (Å²) < 4.78 is 0. The van der Waals surface area contributed by atoms with Crippen molar-refractivity contribution < 1.29 is 9.59 Å². The fourth-order valence-electron chi connectivity index (χ4n) is 4.63. The predicted molar refractivity (Wildman–Crippen MR) is 115 cm³/mol. The van der Waals surface area contributed by atoms with Crippen LogP contribution < -0.4 is 0 Å². The summed E-state index contributed by atoms with van der Waals surface area (Å²) in [6.45, 7) is 7.80. The van der Waals surface area contributed by atoms with Crippen molar-refractivity contribution in [1.29, 1.82) is 0 Å². The molecule has 1 atom stereocenters. The lowest BCUT2D eigenvalue weighted by Crippen LogP contribution is -2.58. The molecule has 1 unspecified atom stereocenters. The van der Waals surface area contributed by atoms with Crippen LogP contribution in [0.5, 0.6) is 0 Å². The highest BCUT2D eigenvalue weighted by Crippen LogP contribution is 2.41. The first-order valence-corrected chi connectivity index (χ1v) is 10.3. The molecule has 1 fully saturated rings. The number of benzene rings is 2. The first-order valence-electron chi connectivity index (χ1n) is 10.3. The normalized spacial score (nSPS) is 20.9. The monoisotopic (exact) mass is 388 g/mol. The standard InChI is InChI=1S/C25H28N2O2/c1-4-18(19-10-6-5-7-11-19)14-23(28)26-15-22-20-12-8-9-13-21(20)25(2,3)17-27(22)24(29)16-26/h5-14,22H,4,15-17H2,1-3H3/b18-14+. The molecule has 0 radical (unpaired) electrons. The number of rotatable bonds is 3. The topological polar surface area (TPSA) is 40.6 Å². The molecule has 2 amide bonds. The highest BCUT2D eigenvalue weighted by Gasteiger charge is 2.43. The summed E-state index contributed by atoms with van der Waals surface area (Å²) in [6, 6.07) is 18.2. The Kier molecular flexibility index (Phi) is 5.03. The zero-order chi connectivity index (χ0) is 20.6. The molecule has 2 aliphatic rings. The van der Waals surface area contributed by atoms with E-state index >= 15 is 0 Å². The minimum absolute atomic E-state index is 0.0309. The van der Waals surface area contributed by atoms with E-state index in [1.165, 1.54) is 5.56 Å². The maximum atomic E-state index is 13.1. The van der Waals surface area contributed by atoms with E-state index in [2.05, 4.69) is 39.0 Å². The number of carbonyl (C=O) groups is 2. The number of hydrogen-bond donors (Lipinski definition) is 0. The van der Waals surface area contributed by atoms with Gasteiger partial charge >= 0.3 is 0 Å². The van der Waals surface area contributed by atoms with Crippen molar-refractivity contribution in [3.63, 3.8) is 0 Å². The molecule has 0 saturated carbocycles. The van der Waals surface area contributed by atoms with Gasteiger partial charge in [-0.25, -0.2) is 0 Å². The van der Waals surface area contributed by atoms with E-state index in [9.17, 15) is 9.59 Å². The summed E-state index contributed by atoms with van der Waals surface area (Å²) in [5.74, 6) is -0.0515. The molecule has 150 valence electrons. The molecule has 0 aromatic heterocycles. The van der Waals surface area contributed by atoms with E-state index in [1.54, 1.807) is 11.0 Å². The van der Waals surface area contributed by atoms with Gasteiger partial charge in [-0.3, -0.25) is 9.59 Å². The average Bonchev–Trinajstić information content (AvgIpc) is 2.73. The quantitative estimate of drug-likeness (QED) is 0.740. The molecule has 4 rings (SSSR count). The molecule has 0 aliphatic carbocycles. The molecule has 0 bridgehead atoms. The lowest BCUT2D eigenvalue weighted by molar-refractivity contribution is -0.148. The Hall–Kier alpha value is -2.88. The van der Waals surface area contributed by atoms with Crippen LogP contribution in [-0.2, 0) is 15.0 Å². The third-order valence-electron chi connectivity index (χ3n) is 6.17. The fourth-order valence-corrected chi connectivity index (χ4v) is 4.63. The molecular formula is C25H28N2O2. The zero-order valence-corrected chi connectivity index (χ0v) is 17.4. The number of allylic oxidation sites excluding steroid dienone is 1. The molecule has 1 saturated heterocycles. The van der Waals surface area contributed by atoms with Gasteiger partial charge < -0.3 is 9.80 Å². The molecule has 2 aromatic rings. The van der Waals surface area contributed by atoms with Gasteiger partial charge in [0.2, 0.25) is 11.8 Å². The molecule has 0 N–H and O–H groups in total. The predicted octanol–water partition coefficient (Wildman–Crippen LogP) is 4.18. The number of fused-ring (bicyclic) bond motifs is 3. The second-order valence-electron chi connectivity index (χ2n) is 8.62. The number of carbonyl (C=O) groups excluding carboxylic acids is 2. The van der Waals surface area contributed by atoms with Crippen LogP contribution in [-0.4, -0.2) is 41.2 Å². The smallest absolute Gasteiger partial charge is 0.247 e. The Balaban J connectivity index is 1.63. The van der Waals surface area contributed by atoms with Gasteiger partial charge in [0, 0.05) is 24.6 Å². The van der Waals surface area contributed by atoms with Gasteiger partial charge in [0.25, 0.3) is 0 Å². The lowest BCUT2D eigenvalue weighted by atomic mass is 9.75. The van der Waals surface area contributed by atoms with Crippen LogP contribution in [0.2, 0.25) is 0 Å². The Morgan fingerprint density at radius 1 is 1.10 bits per heavy atom. The van der Waals surface area contributed by atoms with Crippen LogP contribution in [0, 0.1) is 0 Å². The van der Waals surface area contributed by atoms with Crippen LogP contribution in [0.25, 0.3) is 5.57 Å². The van der Waals surface area contributed by atoms with E-state index in [0.717, 1.165) is 23.1 Å². The summed E-state index contributed by atoms with van der Waals surface area (Å²) in [5, 5.41) is 0. The lowest BCUT2D eigenvalue weighted by Gasteiger charge is -2.49. The number of nitrogens with zero attached hydrogens (tertiary/aromatic N) is 2. The van der Waals surface area contributed by atoms with Crippen molar-refractivity contribution in [3.8, 4) is 0 Å². The first-order chi connectivity index (χ1) is 13.9. The summed E-state index contributed by atoms with van der Waals surface area (Å²) in [6.07, 6.45) is 2.47. The Morgan fingerprint density at radius 3 is 2.52 bits per heavy atom. The summed E-state index contributed by atoms with van der Waals surface area (Å²) >= 11 is 0. The largest absolute Gasteiger partial charge is 0.331 e. The molecule has 4 nitrogen and oxygen atoms in total. The molecule has 2 aliphatic heterocycles. The molecule has 0 spiro atoms. The number of hydrogen-bond acceptors (Lipinski definition) is 2. The van der Waals surface area contributed by atoms with Gasteiger partial charge in [-0.05, 0) is 28.7 Å². The fraction of sp³-hybridized carbons (Fsp3) is 0.360. The van der Waals surface area contributed by atoms with E-state index in [1.807, 2.05) is 41.3 Å². The SMILES string of the molecule is CC/C(=C\C(=O)N1CC(=O)N2CC(C)(C)c3ccccc3C2C1)c1ccccc1. The minimum atomic E-state index is -0.0858. The van der Waals surface area contributed by atoms with Crippen LogP contribution in [0.3, 0.4) is 0 Å². The van der Waals surface area contributed by atoms with Gasteiger partial charge in [0.15, 0.2) is 0 Å². The average molecular weight is 389 g/mol.